The highest BCUT2D eigenvalue weighted by molar-refractivity contribution is 5.92. The lowest BCUT2D eigenvalue weighted by molar-refractivity contribution is 0.0690. The molecular formula is C13H15N3O3. The zero-order chi connectivity index (χ0) is 14.0. The summed E-state index contributed by atoms with van der Waals surface area (Å²) in [5.41, 5.74) is 2.05. The fourth-order valence-electron chi connectivity index (χ4n) is 1.95. The number of nitrogens with zero attached hydrogens (tertiary/aromatic N) is 3. The van der Waals surface area contributed by atoms with Gasteiger partial charge in [-0.15, -0.1) is 5.10 Å². The molecule has 6 nitrogen and oxygen atoms in total. The minimum atomic E-state index is -1.09. The molecule has 0 atom stereocenters. The third-order valence-corrected chi connectivity index (χ3v) is 2.85. The molecule has 1 N–H and O–H groups in total. The number of carboxylic acids is 1. The average molecular weight is 261 g/mol. The molecule has 0 aliphatic carbocycles. The topological polar surface area (TPSA) is 77.2 Å². The van der Waals surface area contributed by atoms with Crippen molar-refractivity contribution in [3.63, 3.8) is 0 Å². The van der Waals surface area contributed by atoms with E-state index in [1.807, 2.05) is 19.1 Å². The van der Waals surface area contributed by atoms with Crippen molar-refractivity contribution in [1.82, 2.24) is 15.0 Å². The van der Waals surface area contributed by atoms with E-state index in [1.165, 1.54) is 4.80 Å². The molecule has 0 bridgehead atoms. The van der Waals surface area contributed by atoms with Crippen LogP contribution in [0.25, 0.3) is 11.3 Å². The van der Waals surface area contributed by atoms with Crippen molar-refractivity contribution < 1.29 is 14.6 Å². The van der Waals surface area contributed by atoms with Gasteiger partial charge in [-0.25, -0.2) is 4.79 Å². The smallest absolute Gasteiger partial charge is 0.358 e. The zero-order valence-corrected chi connectivity index (χ0v) is 11.0. The number of hydrogen-bond donors (Lipinski definition) is 1. The van der Waals surface area contributed by atoms with Gasteiger partial charge in [-0.05, 0) is 30.2 Å². The molecule has 2 aromatic rings. The second-order valence-electron chi connectivity index (χ2n) is 4.07. The fourth-order valence-corrected chi connectivity index (χ4v) is 1.95. The van der Waals surface area contributed by atoms with Crippen molar-refractivity contribution in [3.05, 3.63) is 29.5 Å². The van der Waals surface area contributed by atoms with Crippen LogP contribution in [0.2, 0.25) is 0 Å². The van der Waals surface area contributed by atoms with Gasteiger partial charge in [0.15, 0.2) is 5.69 Å². The first-order valence-corrected chi connectivity index (χ1v) is 5.88. The molecule has 1 heterocycles. The van der Waals surface area contributed by atoms with Gasteiger partial charge in [0.05, 0.1) is 7.11 Å². The number of ether oxygens (including phenoxy) is 1. The summed E-state index contributed by atoms with van der Waals surface area (Å²) in [4.78, 5) is 12.4. The standard InChI is InChI=1S/C13H15N3O3/c1-4-8-7-9(5-6-10(8)19-3)11-12(13(17)18)15-16(2)14-11/h5-7H,4H2,1-3H3,(H,17,18). The van der Waals surface area contributed by atoms with Crippen LogP contribution in [0.1, 0.15) is 23.0 Å². The highest BCUT2D eigenvalue weighted by Crippen LogP contribution is 2.27. The van der Waals surface area contributed by atoms with Crippen LogP contribution < -0.4 is 4.74 Å². The minimum Gasteiger partial charge on any atom is -0.496 e. The van der Waals surface area contributed by atoms with Crippen LogP contribution in [0.5, 0.6) is 5.75 Å². The van der Waals surface area contributed by atoms with Crippen LogP contribution >= 0.6 is 0 Å². The van der Waals surface area contributed by atoms with Crippen molar-refractivity contribution in [1.29, 1.82) is 0 Å². The molecule has 0 unspecified atom stereocenters. The van der Waals surface area contributed by atoms with Crippen LogP contribution in [0.4, 0.5) is 0 Å². The molecule has 0 aliphatic heterocycles. The summed E-state index contributed by atoms with van der Waals surface area (Å²) in [6, 6.07) is 5.48. The van der Waals surface area contributed by atoms with E-state index in [2.05, 4.69) is 10.2 Å². The molecule has 0 spiro atoms. The van der Waals surface area contributed by atoms with Gasteiger partial charge in [-0.1, -0.05) is 6.92 Å². The Morgan fingerprint density at radius 3 is 2.74 bits per heavy atom. The van der Waals surface area contributed by atoms with E-state index in [0.29, 0.717) is 5.69 Å². The number of benzene rings is 1. The third kappa shape index (κ3) is 2.42. The van der Waals surface area contributed by atoms with Crippen LogP contribution in [0.15, 0.2) is 18.2 Å². The number of rotatable bonds is 4. The van der Waals surface area contributed by atoms with Crippen molar-refractivity contribution in [2.75, 3.05) is 7.11 Å². The minimum absolute atomic E-state index is 0.0466. The Balaban J connectivity index is 2.56. The molecule has 1 aromatic carbocycles. The Kier molecular flexibility index (Phi) is 3.50. The number of methoxy groups -OCH3 is 1. The van der Waals surface area contributed by atoms with Crippen LogP contribution in [-0.4, -0.2) is 33.2 Å². The van der Waals surface area contributed by atoms with Crippen molar-refractivity contribution in [2.24, 2.45) is 7.05 Å². The van der Waals surface area contributed by atoms with Crippen molar-refractivity contribution in [3.8, 4) is 17.0 Å². The van der Waals surface area contributed by atoms with E-state index < -0.39 is 5.97 Å². The van der Waals surface area contributed by atoms with E-state index >= 15 is 0 Å². The Hall–Kier alpha value is -2.37. The summed E-state index contributed by atoms with van der Waals surface area (Å²) < 4.78 is 5.25. The fraction of sp³-hybridized carbons (Fsp3) is 0.308. The zero-order valence-electron chi connectivity index (χ0n) is 11.0. The monoisotopic (exact) mass is 261 g/mol. The summed E-state index contributed by atoms with van der Waals surface area (Å²) in [5, 5.41) is 17.1. The van der Waals surface area contributed by atoms with Gasteiger partial charge in [-0.2, -0.15) is 9.90 Å². The van der Waals surface area contributed by atoms with Gasteiger partial charge in [0.2, 0.25) is 0 Å². The summed E-state index contributed by atoms with van der Waals surface area (Å²) in [7, 11) is 3.21. The quantitative estimate of drug-likeness (QED) is 0.907. The summed E-state index contributed by atoms with van der Waals surface area (Å²) in [6.45, 7) is 2.01. The van der Waals surface area contributed by atoms with Gasteiger partial charge in [-0.3, -0.25) is 0 Å². The highest BCUT2D eigenvalue weighted by Gasteiger charge is 2.19. The SMILES string of the molecule is CCc1cc(-c2nn(C)nc2C(=O)O)ccc1OC. The van der Waals surface area contributed by atoms with Gasteiger partial charge in [0, 0.05) is 12.6 Å². The Morgan fingerprint density at radius 2 is 2.16 bits per heavy atom. The number of carboxylic acid groups (broad SMARTS) is 1. The lowest BCUT2D eigenvalue weighted by Gasteiger charge is -2.08. The molecule has 0 saturated carbocycles. The van der Waals surface area contributed by atoms with Gasteiger partial charge >= 0.3 is 5.97 Å². The first kappa shape index (κ1) is 13.1. The second kappa shape index (κ2) is 5.09. The first-order valence-electron chi connectivity index (χ1n) is 5.88. The summed E-state index contributed by atoms with van der Waals surface area (Å²) in [5.74, 6) is -0.302. The van der Waals surface area contributed by atoms with Crippen LogP contribution in [0, 0.1) is 0 Å². The highest BCUT2D eigenvalue weighted by atomic mass is 16.5. The maximum absolute atomic E-state index is 11.1. The molecule has 19 heavy (non-hydrogen) atoms. The normalized spacial score (nSPS) is 10.5. The van der Waals surface area contributed by atoms with E-state index in [-0.39, 0.29) is 5.69 Å². The number of hydrogen-bond acceptors (Lipinski definition) is 4. The van der Waals surface area contributed by atoms with Crippen LogP contribution in [-0.2, 0) is 13.5 Å². The molecule has 1 aromatic heterocycles. The van der Waals surface area contributed by atoms with Gasteiger partial charge in [0.25, 0.3) is 0 Å². The van der Waals surface area contributed by atoms with Crippen molar-refractivity contribution in [2.45, 2.75) is 13.3 Å². The predicted molar refractivity (Wildman–Crippen MR) is 69.3 cm³/mol. The first-order chi connectivity index (χ1) is 9.06. The maximum atomic E-state index is 11.1. The average Bonchev–Trinajstić information content (AvgIpc) is 2.80. The molecule has 0 aliphatic rings. The lowest BCUT2D eigenvalue weighted by atomic mass is 10.0. The summed E-state index contributed by atoms with van der Waals surface area (Å²) >= 11 is 0. The van der Waals surface area contributed by atoms with Crippen molar-refractivity contribution >= 4 is 5.97 Å². The molecule has 100 valence electrons. The number of aromatic nitrogens is 3. The molecule has 0 amide bonds. The molecule has 0 fully saturated rings. The predicted octanol–water partition coefficient (Wildman–Crippen LogP) is 1.75. The molecule has 0 saturated heterocycles. The molecule has 0 radical (unpaired) electrons. The Morgan fingerprint density at radius 1 is 1.42 bits per heavy atom. The molecular weight excluding hydrogens is 246 g/mol. The van der Waals surface area contributed by atoms with Crippen LogP contribution in [0.3, 0.4) is 0 Å². The van der Waals surface area contributed by atoms with Gasteiger partial charge in [0.1, 0.15) is 11.4 Å². The number of aryl methyl sites for hydroxylation is 2. The third-order valence-electron chi connectivity index (χ3n) is 2.85. The summed E-state index contributed by atoms with van der Waals surface area (Å²) in [6.07, 6.45) is 0.791. The number of carbonyl (C=O) groups is 1. The van der Waals surface area contributed by atoms with E-state index in [4.69, 9.17) is 9.84 Å². The second-order valence-corrected chi connectivity index (χ2v) is 4.07. The van der Waals surface area contributed by atoms with E-state index in [1.54, 1.807) is 20.2 Å². The Labute approximate surface area is 110 Å². The lowest BCUT2D eigenvalue weighted by Crippen LogP contribution is -2.00. The largest absolute Gasteiger partial charge is 0.496 e. The van der Waals surface area contributed by atoms with Gasteiger partial charge < -0.3 is 9.84 Å². The molecule has 2 rings (SSSR count). The van der Waals surface area contributed by atoms with E-state index in [9.17, 15) is 4.79 Å². The van der Waals surface area contributed by atoms with E-state index in [0.717, 1.165) is 23.3 Å². The molecule has 6 heteroatoms. The maximum Gasteiger partial charge on any atom is 0.358 e. The number of aromatic carboxylic acids is 1. The Bertz CT molecular complexity index is 620.